The van der Waals surface area contributed by atoms with E-state index in [0.717, 1.165) is 0 Å². The molecule has 1 aliphatic heterocycles. The second-order valence-corrected chi connectivity index (χ2v) is 4.05. The summed E-state index contributed by atoms with van der Waals surface area (Å²) in [6, 6.07) is 0. The number of rotatable bonds is 3. The minimum Gasteiger partial charge on any atom is -0.462 e. The molecule has 1 heterocycles. The number of hydrogen-bond acceptors (Lipinski definition) is 2. The number of unbranched alkanes of at least 4 members (excludes halogenated alkanes) is 1. The molecular weight excluding hydrogens is 152 g/mol. The van der Waals surface area contributed by atoms with Gasteiger partial charge >= 0.3 is 5.97 Å². The Balaban J connectivity index is 1.87. The molecular formula is C10H16O2. The van der Waals surface area contributed by atoms with Crippen molar-refractivity contribution in [3.8, 4) is 0 Å². The number of carbonyl (C=O) groups is 1. The molecule has 0 aromatic rings. The van der Waals surface area contributed by atoms with Crippen LogP contribution in [0.2, 0.25) is 0 Å². The molecule has 2 aliphatic rings. The summed E-state index contributed by atoms with van der Waals surface area (Å²) < 4.78 is 5.09. The molecule has 0 N–H and O–H groups in total. The Labute approximate surface area is 73.3 Å². The van der Waals surface area contributed by atoms with Crippen molar-refractivity contribution in [2.24, 2.45) is 17.8 Å². The van der Waals surface area contributed by atoms with E-state index in [4.69, 9.17) is 4.74 Å². The molecule has 0 aromatic heterocycles. The third kappa shape index (κ3) is 1.05. The summed E-state index contributed by atoms with van der Waals surface area (Å²) in [5.74, 6) is 1.59. The predicted octanol–water partition coefficient (Wildman–Crippen LogP) is 1.98. The Bertz CT molecular complexity index is 200. The van der Waals surface area contributed by atoms with Crippen LogP contribution in [0.3, 0.4) is 0 Å². The largest absolute Gasteiger partial charge is 0.462 e. The lowest BCUT2D eigenvalue weighted by molar-refractivity contribution is -0.145. The summed E-state index contributed by atoms with van der Waals surface area (Å²) in [5.41, 5.74) is 0. The molecule has 2 heteroatoms. The number of esters is 1. The molecule has 2 fully saturated rings. The second-order valence-electron chi connectivity index (χ2n) is 4.05. The third-order valence-corrected chi connectivity index (χ3v) is 3.24. The Morgan fingerprint density at radius 1 is 1.50 bits per heavy atom. The smallest absolute Gasteiger partial charge is 0.309 e. The Morgan fingerprint density at radius 2 is 2.25 bits per heavy atom. The van der Waals surface area contributed by atoms with Gasteiger partial charge < -0.3 is 4.74 Å². The van der Waals surface area contributed by atoms with Crippen LogP contribution < -0.4 is 0 Å². The van der Waals surface area contributed by atoms with Gasteiger partial charge in [0.2, 0.25) is 0 Å². The number of ether oxygens (including phenoxy) is 1. The fourth-order valence-corrected chi connectivity index (χ4v) is 2.52. The Morgan fingerprint density at radius 3 is 2.75 bits per heavy atom. The highest BCUT2D eigenvalue weighted by atomic mass is 16.6. The SMILES string of the molecule is CCCC[C@@H]1[C@H]2C(=O)O[C@@H](C)[C@@H]12. The van der Waals surface area contributed by atoms with Gasteiger partial charge in [-0.15, -0.1) is 0 Å². The van der Waals surface area contributed by atoms with E-state index in [2.05, 4.69) is 6.92 Å². The quantitative estimate of drug-likeness (QED) is 0.602. The highest BCUT2D eigenvalue weighted by molar-refractivity contribution is 5.79. The fraction of sp³-hybridized carbons (Fsp3) is 0.900. The molecule has 0 bridgehead atoms. The van der Waals surface area contributed by atoms with E-state index in [1.165, 1.54) is 19.3 Å². The third-order valence-electron chi connectivity index (χ3n) is 3.24. The minimum atomic E-state index is 0.0635. The monoisotopic (exact) mass is 168 g/mol. The minimum absolute atomic E-state index is 0.0635. The van der Waals surface area contributed by atoms with Crippen LogP contribution in [-0.4, -0.2) is 12.1 Å². The van der Waals surface area contributed by atoms with E-state index in [1.54, 1.807) is 0 Å². The van der Waals surface area contributed by atoms with Crippen LogP contribution in [0.15, 0.2) is 0 Å². The summed E-state index contributed by atoms with van der Waals surface area (Å²) in [7, 11) is 0. The first-order valence-corrected chi connectivity index (χ1v) is 4.96. The second kappa shape index (κ2) is 2.75. The molecule has 1 saturated heterocycles. The maximum atomic E-state index is 11.2. The Kier molecular flexibility index (Phi) is 1.85. The fourth-order valence-electron chi connectivity index (χ4n) is 2.52. The molecule has 0 amide bonds. The van der Waals surface area contributed by atoms with Gasteiger partial charge in [0.05, 0.1) is 5.92 Å². The molecule has 1 aliphatic carbocycles. The van der Waals surface area contributed by atoms with Gasteiger partial charge in [0.25, 0.3) is 0 Å². The molecule has 2 nitrogen and oxygen atoms in total. The first-order valence-electron chi connectivity index (χ1n) is 4.96. The molecule has 1 saturated carbocycles. The van der Waals surface area contributed by atoms with Crippen LogP contribution in [0.1, 0.15) is 33.1 Å². The van der Waals surface area contributed by atoms with Crippen LogP contribution in [0.4, 0.5) is 0 Å². The molecule has 12 heavy (non-hydrogen) atoms. The van der Waals surface area contributed by atoms with Crippen molar-refractivity contribution in [1.82, 2.24) is 0 Å². The van der Waals surface area contributed by atoms with E-state index in [9.17, 15) is 4.79 Å². The van der Waals surface area contributed by atoms with Gasteiger partial charge in [-0.1, -0.05) is 19.8 Å². The summed E-state index contributed by atoms with van der Waals surface area (Å²) in [4.78, 5) is 11.2. The van der Waals surface area contributed by atoms with Gasteiger partial charge in [0, 0.05) is 5.92 Å². The van der Waals surface area contributed by atoms with Gasteiger partial charge in [-0.05, 0) is 19.3 Å². The van der Waals surface area contributed by atoms with E-state index < -0.39 is 0 Å². The van der Waals surface area contributed by atoms with Crippen LogP contribution in [0.25, 0.3) is 0 Å². The van der Waals surface area contributed by atoms with Crippen LogP contribution in [0, 0.1) is 17.8 Å². The zero-order chi connectivity index (χ0) is 8.72. The van der Waals surface area contributed by atoms with Gasteiger partial charge in [-0.2, -0.15) is 0 Å². The van der Waals surface area contributed by atoms with E-state index >= 15 is 0 Å². The lowest BCUT2D eigenvalue weighted by atomic mass is 10.1. The number of hydrogen-bond donors (Lipinski definition) is 0. The van der Waals surface area contributed by atoms with Gasteiger partial charge in [-0.3, -0.25) is 4.79 Å². The van der Waals surface area contributed by atoms with E-state index in [1.807, 2.05) is 6.92 Å². The van der Waals surface area contributed by atoms with Gasteiger partial charge in [-0.25, -0.2) is 0 Å². The lowest BCUT2D eigenvalue weighted by Gasteiger charge is -2.08. The molecule has 0 radical (unpaired) electrons. The van der Waals surface area contributed by atoms with Crippen LogP contribution in [-0.2, 0) is 9.53 Å². The molecule has 0 spiro atoms. The Hall–Kier alpha value is -0.530. The molecule has 0 aromatic carbocycles. The highest BCUT2D eigenvalue weighted by Gasteiger charge is 2.63. The molecule has 4 atom stereocenters. The van der Waals surface area contributed by atoms with Crippen LogP contribution >= 0.6 is 0 Å². The van der Waals surface area contributed by atoms with Crippen molar-refractivity contribution in [2.75, 3.05) is 0 Å². The number of fused-ring (bicyclic) bond motifs is 1. The summed E-state index contributed by atoms with van der Waals surface area (Å²) >= 11 is 0. The predicted molar refractivity (Wildman–Crippen MR) is 45.5 cm³/mol. The maximum absolute atomic E-state index is 11.2. The van der Waals surface area contributed by atoms with Crippen molar-refractivity contribution >= 4 is 5.97 Å². The zero-order valence-corrected chi connectivity index (χ0v) is 7.75. The van der Waals surface area contributed by atoms with E-state index in [-0.39, 0.29) is 18.0 Å². The lowest BCUT2D eigenvalue weighted by Crippen LogP contribution is -2.12. The van der Waals surface area contributed by atoms with Crippen molar-refractivity contribution < 1.29 is 9.53 Å². The van der Waals surface area contributed by atoms with Crippen LogP contribution in [0.5, 0.6) is 0 Å². The molecule has 0 unspecified atom stereocenters. The average Bonchev–Trinajstić information content (AvgIpc) is 2.66. The standard InChI is InChI=1S/C10H16O2/c1-3-4-5-7-8-6(2)12-10(11)9(7)8/h6-9H,3-5H2,1-2H3/t6-,7-,8-,9+/m0/s1. The normalized spacial score (nSPS) is 44.0. The van der Waals surface area contributed by atoms with E-state index in [0.29, 0.717) is 11.8 Å². The summed E-state index contributed by atoms with van der Waals surface area (Å²) in [5, 5.41) is 0. The van der Waals surface area contributed by atoms with Crippen molar-refractivity contribution in [2.45, 2.75) is 39.2 Å². The van der Waals surface area contributed by atoms with Gasteiger partial charge in [0.15, 0.2) is 0 Å². The number of carbonyl (C=O) groups excluding carboxylic acids is 1. The molecule has 2 rings (SSSR count). The van der Waals surface area contributed by atoms with Crippen molar-refractivity contribution in [1.29, 1.82) is 0 Å². The highest BCUT2D eigenvalue weighted by Crippen LogP contribution is 2.57. The summed E-state index contributed by atoms with van der Waals surface area (Å²) in [6.45, 7) is 4.22. The first kappa shape index (κ1) is 8.09. The average molecular weight is 168 g/mol. The first-order chi connectivity index (χ1) is 5.75. The number of cyclic esters (lactones) is 1. The van der Waals surface area contributed by atoms with Crippen molar-refractivity contribution in [3.05, 3.63) is 0 Å². The topological polar surface area (TPSA) is 26.3 Å². The van der Waals surface area contributed by atoms with Gasteiger partial charge in [0.1, 0.15) is 6.10 Å². The molecule has 68 valence electrons. The zero-order valence-electron chi connectivity index (χ0n) is 7.75. The van der Waals surface area contributed by atoms with Crippen molar-refractivity contribution in [3.63, 3.8) is 0 Å². The maximum Gasteiger partial charge on any atom is 0.309 e. The summed E-state index contributed by atoms with van der Waals surface area (Å²) in [6.07, 6.45) is 3.92.